The van der Waals surface area contributed by atoms with Crippen molar-refractivity contribution < 1.29 is 32.9 Å². The van der Waals surface area contributed by atoms with Gasteiger partial charge in [0.1, 0.15) is 24.4 Å². The number of allylic oxidation sites excluding steroid dienone is 1. The van der Waals surface area contributed by atoms with E-state index in [4.69, 9.17) is 19.2 Å². The van der Waals surface area contributed by atoms with E-state index in [-0.39, 0.29) is 36.0 Å². The third-order valence-corrected chi connectivity index (χ3v) is 7.60. The molecule has 1 aromatic carbocycles. The van der Waals surface area contributed by atoms with Crippen LogP contribution in [-0.2, 0) is 24.4 Å². The van der Waals surface area contributed by atoms with Crippen molar-refractivity contribution >= 4 is 17.0 Å². The van der Waals surface area contributed by atoms with Gasteiger partial charge in [0.25, 0.3) is 5.88 Å². The Labute approximate surface area is 245 Å². The Bertz CT molecular complexity index is 1670. The number of nitrogens with zero attached hydrogens (tertiary/aromatic N) is 6. The molecule has 2 aliphatic rings. The average molecular weight is 593 g/mol. The number of benzene rings is 1. The van der Waals surface area contributed by atoms with Gasteiger partial charge in [-0.25, -0.2) is 28.5 Å². The molecule has 0 radical (unpaired) electrons. The van der Waals surface area contributed by atoms with Crippen LogP contribution in [0.2, 0.25) is 0 Å². The van der Waals surface area contributed by atoms with Crippen LogP contribution in [0.1, 0.15) is 48.2 Å². The van der Waals surface area contributed by atoms with Crippen molar-refractivity contribution in [2.45, 2.75) is 58.0 Å². The van der Waals surface area contributed by atoms with Gasteiger partial charge in [0.05, 0.1) is 41.7 Å². The van der Waals surface area contributed by atoms with Gasteiger partial charge in [0.15, 0.2) is 11.6 Å². The Kier molecular flexibility index (Phi) is 8.14. The molecule has 0 amide bonds. The number of ether oxygens (including phenoxy) is 3. The van der Waals surface area contributed by atoms with Gasteiger partial charge in [-0.05, 0) is 44.0 Å². The standard InChI is InChI=1S/C30H30F2N6O5/c1-18-12-22(43-28-4-8-33-26(36-28)17-42-29-23(32)14-20(31)15-34-29)5-9-37(18)16-27-35-24-3-2-19(30(39)40)13-25(24)38(27)10-6-21-7-11-41-21/h2-4,6,8,13-15,18,22H,5,7,9-12,16-17H2,1H3,(H,39,40)/b21-6+/t18-,22-/m0/s1. The second kappa shape index (κ2) is 12.3. The molecule has 0 spiro atoms. The van der Waals surface area contributed by atoms with E-state index >= 15 is 0 Å². The maximum absolute atomic E-state index is 13.8. The minimum Gasteiger partial charge on any atom is -0.498 e. The quantitative estimate of drug-likeness (QED) is 0.281. The Morgan fingerprint density at radius 3 is 2.81 bits per heavy atom. The molecule has 11 nitrogen and oxygen atoms in total. The molecule has 6 rings (SSSR count). The fourth-order valence-corrected chi connectivity index (χ4v) is 5.23. The maximum atomic E-state index is 13.8. The van der Waals surface area contributed by atoms with Crippen molar-refractivity contribution in [3.05, 3.63) is 83.4 Å². The molecule has 2 saturated heterocycles. The molecule has 2 aliphatic heterocycles. The number of halogens is 2. The SMILES string of the molecule is C[C@H]1C[C@@H](Oc2ccnc(COc3ncc(F)cc3F)n2)CCN1Cc1nc2ccc(C(=O)O)cc2n1C/C=C1\CCO1. The van der Waals surface area contributed by atoms with E-state index in [1.807, 2.05) is 6.08 Å². The lowest BCUT2D eigenvalue weighted by Crippen LogP contribution is -2.44. The molecule has 0 bridgehead atoms. The van der Waals surface area contributed by atoms with Crippen LogP contribution in [0.25, 0.3) is 11.0 Å². The molecule has 224 valence electrons. The molecular formula is C30H30F2N6O5. The molecule has 0 aliphatic carbocycles. The van der Waals surface area contributed by atoms with Crippen LogP contribution < -0.4 is 9.47 Å². The van der Waals surface area contributed by atoms with Crippen molar-refractivity contribution in [1.82, 2.24) is 29.4 Å². The minimum atomic E-state index is -0.977. The normalized spacial score (nSPS) is 19.7. The highest BCUT2D eigenvalue weighted by molar-refractivity contribution is 5.92. The predicted molar refractivity (Wildman–Crippen MR) is 149 cm³/mol. The van der Waals surface area contributed by atoms with Gasteiger partial charge < -0.3 is 23.9 Å². The lowest BCUT2D eigenvalue weighted by atomic mass is 10.0. The van der Waals surface area contributed by atoms with Crippen molar-refractivity contribution in [2.24, 2.45) is 0 Å². The third-order valence-electron chi connectivity index (χ3n) is 7.60. The van der Waals surface area contributed by atoms with Gasteiger partial charge in [0, 0.05) is 43.9 Å². The topological polar surface area (TPSA) is 125 Å². The maximum Gasteiger partial charge on any atom is 0.335 e. The summed E-state index contributed by atoms with van der Waals surface area (Å²) < 4.78 is 45.9. The number of piperidine rings is 1. The van der Waals surface area contributed by atoms with Crippen molar-refractivity contribution in [3.8, 4) is 11.8 Å². The molecule has 5 heterocycles. The first-order valence-electron chi connectivity index (χ1n) is 14.0. The summed E-state index contributed by atoms with van der Waals surface area (Å²) in [7, 11) is 0. The molecule has 3 aromatic heterocycles. The molecular weight excluding hydrogens is 562 g/mol. The number of hydrogen-bond acceptors (Lipinski definition) is 9. The summed E-state index contributed by atoms with van der Waals surface area (Å²) in [6, 6.07) is 7.53. The molecule has 0 unspecified atom stereocenters. The molecule has 4 aromatic rings. The van der Waals surface area contributed by atoms with Crippen LogP contribution in [0, 0.1) is 11.6 Å². The number of rotatable bonds is 10. The van der Waals surface area contributed by atoms with Crippen LogP contribution in [0.3, 0.4) is 0 Å². The summed E-state index contributed by atoms with van der Waals surface area (Å²) in [5, 5.41) is 9.52. The highest BCUT2D eigenvalue weighted by Gasteiger charge is 2.28. The van der Waals surface area contributed by atoms with Gasteiger partial charge in [-0.2, -0.15) is 4.98 Å². The summed E-state index contributed by atoms with van der Waals surface area (Å²) in [6.07, 6.45) is 6.77. The summed E-state index contributed by atoms with van der Waals surface area (Å²) in [6.45, 7) is 4.60. The van der Waals surface area contributed by atoms with E-state index in [0.717, 1.165) is 61.2 Å². The van der Waals surface area contributed by atoms with Gasteiger partial charge >= 0.3 is 5.97 Å². The molecule has 13 heteroatoms. The number of carbonyl (C=O) groups is 1. The van der Waals surface area contributed by atoms with Gasteiger partial charge in [0.2, 0.25) is 5.88 Å². The molecule has 2 fully saturated rings. The number of carboxylic acid groups (broad SMARTS) is 1. The van der Waals surface area contributed by atoms with Crippen molar-refractivity contribution in [2.75, 3.05) is 13.2 Å². The zero-order valence-electron chi connectivity index (χ0n) is 23.4. The van der Waals surface area contributed by atoms with Gasteiger partial charge in [-0.15, -0.1) is 0 Å². The zero-order chi connectivity index (χ0) is 29.9. The van der Waals surface area contributed by atoms with Crippen LogP contribution >= 0.6 is 0 Å². The summed E-state index contributed by atoms with van der Waals surface area (Å²) in [4.78, 5) is 30.9. The Balaban J connectivity index is 1.10. The highest BCUT2D eigenvalue weighted by atomic mass is 19.1. The van der Waals surface area contributed by atoms with Crippen molar-refractivity contribution in [1.29, 1.82) is 0 Å². The van der Waals surface area contributed by atoms with E-state index in [1.165, 1.54) is 6.20 Å². The molecule has 1 N–H and O–H groups in total. The monoisotopic (exact) mass is 592 g/mol. The first-order chi connectivity index (χ1) is 20.8. The predicted octanol–water partition coefficient (Wildman–Crippen LogP) is 4.51. The van der Waals surface area contributed by atoms with E-state index in [2.05, 4.69) is 31.3 Å². The molecule has 2 atom stereocenters. The number of pyridine rings is 1. The molecule has 0 saturated carbocycles. The van der Waals surface area contributed by atoms with E-state index < -0.39 is 17.6 Å². The Hall–Kier alpha value is -4.65. The first kappa shape index (κ1) is 28.5. The minimum absolute atomic E-state index is 0.0800. The molecule has 43 heavy (non-hydrogen) atoms. The summed E-state index contributed by atoms with van der Waals surface area (Å²) in [5.74, 6) is -0.551. The number of imidazole rings is 1. The Morgan fingerprint density at radius 1 is 1.21 bits per heavy atom. The van der Waals surface area contributed by atoms with E-state index in [0.29, 0.717) is 25.0 Å². The number of fused-ring (bicyclic) bond motifs is 1. The van der Waals surface area contributed by atoms with Gasteiger partial charge in [-0.1, -0.05) is 0 Å². The van der Waals surface area contributed by atoms with E-state index in [9.17, 15) is 18.7 Å². The second-order valence-electron chi connectivity index (χ2n) is 10.5. The second-order valence-corrected chi connectivity index (χ2v) is 10.5. The first-order valence-corrected chi connectivity index (χ1v) is 14.0. The lowest BCUT2D eigenvalue weighted by molar-refractivity contribution is 0.0536. The van der Waals surface area contributed by atoms with Gasteiger partial charge in [-0.3, -0.25) is 4.90 Å². The fraction of sp³-hybridized carbons (Fsp3) is 0.367. The number of aromatic nitrogens is 5. The van der Waals surface area contributed by atoms with Crippen LogP contribution in [-0.4, -0.2) is 65.8 Å². The number of likely N-dealkylation sites (tertiary alicyclic amines) is 1. The largest absolute Gasteiger partial charge is 0.498 e. The smallest absolute Gasteiger partial charge is 0.335 e. The van der Waals surface area contributed by atoms with Crippen molar-refractivity contribution in [3.63, 3.8) is 0 Å². The Morgan fingerprint density at radius 2 is 2.07 bits per heavy atom. The van der Waals surface area contributed by atoms with Crippen LogP contribution in [0.5, 0.6) is 11.8 Å². The highest BCUT2D eigenvalue weighted by Crippen LogP contribution is 2.26. The number of hydrogen-bond donors (Lipinski definition) is 1. The number of carboxylic acids is 1. The summed E-state index contributed by atoms with van der Waals surface area (Å²) >= 11 is 0. The zero-order valence-corrected chi connectivity index (χ0v) is 23.4. The average Bonchev–Trinajstić information content (AvgIpc) is 3.29. The third kappa shape index (κ3) is 6.56. The van der Waals surface area contributed by atoms with Crippen LogP contribution in [0.15, 0.2) is 54.6 Å². The number of aromatic carboxylic acids is 1. The van der Waals surface area contributed by atoms with Crippen LogP contribution in [0.4, 0.5) is 8.78 Å². The lowest BCUT2D eigenvalue weighted by Gasteiger charge is -2.37. The summed E-state index contributed by atoms with van der Waals surface area (Å²) in [5.41, 5.74) is 1.75. The van der Waals surface area contributed by atoms with E-state index in [1.54, 1.807) is 24.3 Å². The fourth-order valence-electron chi connectivity index (χ4n) is 5.23.